The molecular formula is C11H25NO7P+. The Morgan fingerprint density at radius 3 is 1.95 bits per heavy atom. The Hall–Kier alpha value is -0.760. The summed E-state index contributed by atoms with van der Waals surface area (Å²) in [5, 5.41) is 16.6. The Balaban J connectivity index is 0. The second-order valence-electron chi connectivity index (χ2n) is 5.29. The van der Waals surface area contributed by atoms with Gasteiger partial charge in [0.25, 0.3) is 0 Å². The SMILES string of the molecule is C=C(C)C(=O)O.C[N+](C)(C)CC(CCO)OP(=O)(O)O. The molecule has 0 radical (unpaired) electrons. The molecule has 0 amide bonds. The van der Waals surface area contributed by atoms with Crippen LogP contribution in [0.2, 0.25) is 0 Å². The lowest BCUT2D eigenvalue weighted by Gasteiger charge is -2.28. The Labute approximate surface area is 119 Å². The number of nitrogens with zero attached hydrogens (tertiary/aromatic N) is 1. The third-order valence-electron chi connectivity index (χ3n) is 1.85. The van der Waals surface area contributed by atoms with Crippen molar-refractivity contribution in [3.63, 3.8) is 0 Å². The fourth-order valence-corrected chi connectivity index (χ4v) is 1.69. The van der Waals surface area contributed by atoms with Gasteiger partial charge in [-0.15, -0.1) is 0 Å². The maximum Gasteiger partial charge on any atom is 0.470 e. The van der Waals surface area contributed by atoms with Crippen molar-refractivity contribution in [2.24, 2.45) is 0 Å². The topological polar surface area (TPSA) is 124 Å². The monoisotopic (exact) mass is 314 g/mol. The van der Waals surface area contributed by atoms with Gasteiger partial charge in [0, 0.05) is 18.6 Å². The van der Waals surface area contributed by atoms with Gasteiger partial charge in [-0.25, -0.2) is 9.36 Å². The number of phosphoric ester groups is 1. The zero-order chi connectivity index (χ0) is 16.6. The quantitative estimate of drug-likeness (QED) is 0.300. The number of hydrogen-bond donors (Lipinski definition) is 4. The second kappa shape index (κ2) is 9.23. The molecular weight excluding hydrogens is 289 g/mol. The molecule has 120 valence electrons. The summed E-state index contributed by atoms with van der Waals surface area (Å²) in [5.41, 5.74) is 0.176. The largest absolute Gasteiger partial charge is 0.478 e. The molecule has 0 fully saturated rings. The number of aliphatic hydroxyl groups is 1. The van der Waals surface area contributed by atoms with Crippen LogP contribution in [0.25, 0.3) is 0 Å². The Morgan fingerprint density at radius 1 is 1.35 bits per heavy atom. The fraction of sp³-hybridized carbons (Fsp3) is 0.727. The van der Waals surface area contributed by atoms with Crippen molar-refractivity contribution in [2.45, 2.75) is 19.4 Å². The number of rotatable bonds is 7. The third kappa shape index (κ3) is 17.2. The average molecular weight is 314 g/mol. The Kier molecular flexibility index (Phi) is 9.94. The molecule has 0 aromatic rings. The van der Waals surface area contributed by atoms with Crippen molar-refractivity contribution in [2.75, 3.05) is 34.3 Å². The van der Waals surface area contributed by atoms with E-state index in [1.165, 1.54) is 6.92 Å². The predicted octanol–water partition coefficient (Wildman–Crippen LogP) is 0.200. The highest BCUT2D eigenvalue weighted by atomic mass is 31.2. The number of carboxylic acid groups (broad SMARTS) is 1. The smallest absolute Gasteiger partial charge is 0.470 e. The summed E-state index contributed by atoms with van der Waals surface area (Å²) in [4.78, 5) is 26.8. The number of phosphoric acid groups is 1. The molecule has 0 aromatic carbocycles. The molecule has 4 N–H and O–H groups in total. The van der Waals surface area contributed by atoms with Crippen LogP contribution >= 0.6 is 7.82 Å². The van der Waals surface area contributed by atoms with Crippen LogP contribution in [0.4, 0.5) is 0 Å². The lowest BCUT2D eigenvalue weighted by atomic mass is 10.2. The van der Waals surface area contributed by atoms with Crippen LogP contribution < -0.4 is 0 Å². The van der Waals surface area contributed by atoms with Crippen molar-refractivity contribution in [1.29, 1.82) is 0 Å². The van der Waals surface area contributed by atoms with Gasteiger partial charge in [-0.3, -0.25) is 4.52 Å². The molecule has 0 bridgehead atoms. The number of carboxylic acids is 1. The highest BCUT2D eigenvalue weighted by Gasteiger charge is 2.26. The summed E-state index contributed by atoms with van der Waals surface area (Å²) >= 11 is 0. The minimum atomic E-state index is -4.46. The van der Waals surface area contributed by atoms with Crippen molar-refractivity contribution >= 4 is 13.8 Å². The van der Waals surface area contributed by atoms with Crippen molar-refractivity contribution < 1.29 is 38.4 Å². The molecule has 0 rings (SSSR count). The lowest BCUT2D eigenvalue weighted by molar-refractivity contribution is -0.873. The number of likely N-dealkylation sites (N-methyl/N-ethyl adjacent to an activating group) is 1. The highest BCUT2D eigenvalue weighted by molar-refractivity contribution is 7.46. The van der Waals surface area contributed by atoms with Gasteiger partial charge in [-0.05, 0) is 6.92 Å². The maximum atomic E-state index is 10.6. The zero-order valence-electron chi connectivity index (χ0n) is 12.3. The zero-order valence-corrected chi connectivity index (χ0v) is 13.2. The number of hydrogen-bond acceptors (Lipinski definition) is 4. The van der Waals surface area contributed by atoms with Crippen LogP contribution in [0.15, 0.2) is 12.2 Å². The summed E-state index contributed by atoms with van der Waals surface area (Å²) in [7, 11) is 1.19. The first-order chi connectivity index (χ1) is 8.78. The summed E-state index contributed by atoms with van der Waals surface area (Å²) in [5.74, 6) is -0.935. The Morgan fingerprint density at radius 2 is 1.75 bits per heavy atom. The molecule has 0 saturated carbocycles. The van der Waals surface area contributed by atoms with E-state index in [-0.39, 0.29) is 18.6 Å². The molecule has 1 atom stereocenters. The van der Waals surface area contributed by atoms with Gasteiger partial charge in [0.2, 0.25) is 0 Å². The van der Waals surface area contributed by atoms with E-state index in [4.69, 9.17) is 20.0 Å². The third-order valence-corrected chi connectivity index (χ3v) is 2.43. The van der Waals surface area contributed by atoms with Crippen molar-refractivity contribution in [3.8, 4) is 0 Å². The number of aliphatic carboxylic acids is 1. The Bertz CT molecular complexity index is 346. The van der Waals surface area contributed by atoms with Crippen LogP contribution in [-0.4, -0.2) is 70.9 Å². The van der Waals surface area contributed by atoms with Crippen LogP contribution in [0.1, 0.15) is 13.3 Å². The van der Waals surface area contributed by atoms with Crippen LogP contribution in [0.5, 0.6) is 0 Å². The molecule has 0 heterocycles. The predicted molar refractivity (Wildman–Crippen MR) is 74.0 cm³/mol. The van der Waals surface area contributed by atoms with Crippen LogP contribution in [-0.2, 0) is 13.9 Å². The summed E-state index contributed by atoms with van der Waals surface area (Å²) in [6.45, 7) is 4.89. The van der Waals surface area contributed by atoms with Crippen molar-refractivity contribution in [1.82, 2.24) is 0 Å². The van der Waals surface area contributed by atoms with E-state index < -0.39 is 19.9 Å². The molecule has 1 unspecified atom stereocenters. The molecule has 0 saturated heterocycles. The molecule has 0 spiro atoms. The molecule has 0 aliphatic rings. The molecule has 0 aromatic heterocycles. The fourth-order valence-electron chi connectivity index (χ4n) is 1.13. The van der Waals surface area contributed by atoms with E-state index in [1.807, 2.05) is 21.1 Å². The first kappa shape index (κ1) is 21.5. The van der Waals surface area contributed by atoms with Gasteiger partial charge in [-0.2, -0.15) is 0 Å². The van der Waals surface area contributed by atoms with E-state index in [9.17, 15) is 9.36 Å². The van der Waals surface area contributed by atoms with Crippen molar-refractivity contribution in [3.05, 3.63) is 12.2 Å². The molecule has 8 nitrogen and oxygen atoms in total. The summed E-state index contributed by atoms with van der Waals surface area (Å²) < 4.78 is 15.6. The second-order valence-corrected chi connectivity index (χ2v) is 6.48. The minimum Gasteiger partial charge on any atom is -0.478 e. The average Bonchev–Trinajstić information content (AvgIpc) is 2.12. The van der Waals surface area contributed by atoms with Gasteiger partial charge in [0.1, 0.15) is 12.6 Å². The normalized spacial score (nSPS) is 13.2. The maximum absolute atomic E-state index is 10.6. The molecule has 20 heavy (non-hydrogen) atoms. The number of carbonyl (C=O) groups is 1. The number of aliphatic hydroxyl groups excluding tert-OH is 1. The summed E-state index contributed by atoms with van der Waals surface area (Å²) in [6, 6.07) is 0. The van der Waals surface area contributed by atoms with E-state index in [1.54, 1.807) is 0 Å². The highest BCUT2D eigenvalue weighted by Crippen LogP contribution is 2.38. The van der Waals surface area contributed by atoms with Gasteiger partial charge in [-0.1, -0.05) is 6.58 Å². The number of quaternary nitrogens is 1. The van der Waals surface area contributed by atoms with Crippen LogP contribution in [0, 0.1) is 0 Å². The van der Waals surface area contributed by atoms with Gasteiger partial charge in [0.15, 0.2) is 0 Å². The van der Waals surface area contributed by atoms with Crippen LogP contribution in [0.3, 0.4) is 0 Å². The lowest BCUT2D eigenvalue weighted by Crippen LogP contribution is -2.42. The standard InChI is InChI=1S/C7H18NO5P.C4H6O2/c1-8(2,3)6-7(4-5-9)13-14(10,11)12;1-3(2)4(5)6/h7,9H,4-6H2,1-3H3,(H-,10,11,12);1H2,2H3,(H,5,6)/p+1. The molecule has 0 aliphatic heterocycles. The first-order valence-electron chi connectivity index (χ1n) is 5.82. The van der Waals surface area contributed by atoms with E-state index in [2.05, 4.69) is 11.1 Å². The van der Waals surface area contributed by atoms with E-state index in [0.29, 0.717) is 11.0 Å². The summed E-state index contributed by atoms with van der Waals surface area (Å²) in [6.07, 6.45) is -0.401. The first-order valence-corrected chi connectivity index (χ1v) is 7.35. The van der Waals surface area contributed by atoms with Gasteiger partial charge < -0.3 is 24.5 Å². The minimum absolute atomic E-state index is 0.148. The van der Waals surface area contributed by atoms with E-state index in [0.717, 1.165) is 0 Å². The van der Waals surface area contributed by atoms with E-state index >= 15 is 0 Å². The molecule has 0 aliphatic carbocycles. The molecule has 9 heteroatoms. The van der Waals surface area contributed by atoms with Gasteiger partial charge >= 0.3 is 13.8 Å². The van der Waals surface area contributed by atoms with Gasteiger partial charge in [0.05, 0.1) is 21.1 Å².